The van der Waals surface area contributed by atoms with Crippen molar-refractivity contribution >= 4 is 17.8 Å². The van der Waals surface area contributed by atoms with Crippen molar-refractivity contribution in [3.8, 4) is 5.75 Å². The van der Waals surface area contributed by atoms with Gasteiger partial charge in [-0.3, -0.25) is 14.5 Å². The van der Waals surface area contributed by atoms with Gasteiger partial charge in [0.2, 0.25) is 11.8 Å². The number of rotatable bonds is 6. The fourth-order valence-corrected chi connectivity index (χ4v) is 4.63. The number of para-hydroxylation sites is 1. The molecule has 4 rings (SSSR count). The number of alkyl halides is 2. The summed E-state index contributed by atoms with van der Waals surface area (Å²) in [6.45, 7) is 3.94. The lowest BCUT2D eigenvalue weighted by molar-refractivity contribution is -0.130. The third kappa shape index (κ3) is 3.74. The lowest BCUT2D eigenvalue weighted by Crippen LogP contribution is -2.52. The minimum absolute atomic E-state index is 0.0415. The summed E-state index contributed by atoms with van der Waals surface area (Å²) in [5, 5.41) is 2.75. The van der Waals surface area contributed by atoms with Gasteiger partial charge in [0, 0.05) is 18.5 Å². The van der Waals surface area contributed by atoms with Gasteiger partial charge >= 0.3 is 0 Å². The van der Waals surface area contributed by atoms with Gasteiger partial charge in [0.15, 0.2) is 5.96 Å². The molecule has 3 unspecified atom stereocenters. The number of benzene rings is 1. The Morgan fingerprint density at radius 1 is 1.32 bits per heavy atom. The summed E-state index contributed by atoms with van der Waals surface area (Å²) >= 11 is 0. The van der Waals surface area contributed by atoms with E-state index in [2.05, 4.69) is 10.3 Å². The standard InChI is InChI=1S/C22H28F2N4O3/c1-3-21(4-2)11-17(29)28(20(25)27-21)12-14-18(22(14,23)24)19(30)26-15-9-10-31-16-8-6-5-7-13(15)16/h5-8,14-15,18H,3-4,9-12H2,1-2H3,(H2,25,27)(H,26,30). The van der Waals surface area contributed by atoms with E-state index in [9.17, 15) is 18.4 Å². The summed E-state index contributed by atoms with van der Waals surface area (Å²) in [4.78, 5) is 30.9. The zero-order valence-electron chi connectivity index (χ0n) is 17.7. The molecule has 1 saturated carbocycles. The molecule has 1 aromatic carbocycles. The SMILES string of the molecule is CCC1(CC)CC(=O)N(CC2C(C(=O)NC3CCOc4ccccc43)C2(F)F)C(N)=N1. The van der Waals surface area contributed by atoms with Gasteiger partial charge in [-0.2, -0.15) is 0 Å². The Hall–Kier alpha value is -2.71. The summed E-state index contributed by atoms with van der Waals surface area (Å²) in [5.41, 5.74) is 6.19. The zero-order valence-corrected chi connectivity index (χ0v) is 17.7. The van der Waals surface area contributed by atoms with Gasteiger partial charge in [0.1, 0.15) is 11.7 Å². The molecule has 3 aliphatic rings. The maximum absolute atomic E-state index is 14.6. The van der Waals surface area contributed by atoms with Crippen molar-refractivity contribution in [3.05, 3.63) is 29.8 Å². The van der Waals surface area contributed by atoms with Crippen LogP contribution in [0.3, 0.4) is 0 Å². The number of nitrogens with two attached hydrogens (primary N) is 1. The van der Waals surface area contributed by atoms with Gasteiger partial charge in [-0.05, 0) is 18.9 Å². The molecule has 0 bridgehead atoms. The van der Waals surface area contributed by atoms with E-state index in [0.717, 1.165) is 10.5 Å². The van der Waals surface area contributed by atoms with Crippen LogP contribution in [0.25, 0.3) is 0 Å². The van der Waals surface area contributed by atoms with Gasteiger partial charge in [0.25, 0.3) is 5.92 Å². The molecule has 9 heteroatoms. The summed E-state index contributed by atoms with van der Waals surface area (Å²) < 4.78 is 34.7. The first-order chi connectivity index (χ1) is 14.7. The second kappa shape index (κ2) is 7.76. The van der Waals surface area contributed by atoms with Crippen LogP contribution >= 0.6 is 0 Å². The highest BCUT2D eigenvalue weighted by atomic mass is 19.3. The number of guanidine groups is 1. The summed E-state index contributed by atoms with van der Waals surface area (Å²) in [7, 11) is 0. The van der Waals surface area contributed by atoms with E-state index in [1.165, 1.54) is 0 Å². The van der Waals surface area contributed by atoms with Gasteiger partial charge in [0.05, 0.1) is 30.5 Å². The fourth-order valence-electron chi connectivity index (χ4n) is 4.63. The minimum atomic E-state index is -3.20. The number of nitrogens with one attached hydrogen (secondary N) is 1. The number of carbonyl (C=O) groups excluding carboxylic acids is 2. The van der Waals surface area contributed by atoms with E-state index in [4.69, 9.17) is 10.5 Å². The molecule has 0 spiro atoms. The average Bonchev–Trinajstić information content (AvgIpc) is 3.30. The van der Waals surface area contributed by atoms with Crippen LogP contribution < -0.4 is 15.8 Å². The van der Waals surface area contributed by atoms with E-state index in [1.807, 2.05) is 32.0 Å². The van der Waals surface area contributed by atoms with Crippen LogP contribution in [-0.4, -0.2) is 47.3 Å². The predicted octanol–water partition coefficient (Wildman–Crippen LogP) is 2.61. The van der Waals surface area contributed by atoms with Crippen molar-refractivity contribution in [3.63, 3.8) is 0 Å². The molecule has 1 aromatic rings. The summed E-state index contributed by atoms with van der Waals surface area (Å²) in [5.74, 6) is -6.40. The highest BCUT2D eigenvalue weighted by Crippen LogP contribution is 2.56. The highest BCUT2D eigenvalue weighted by molar-refractivity contribution is 5.99. The molecule has 0 radical (unpaired) electrons. The van der Waals surface area contributed by atoms with E-state index in [-0.39, 0.29) is 30.9 Å². The second-order valence-corrected chi connectivity index (χ2v) is 8.58. The van der Waals surface area contributed by atoms with Crippen molar-refractivity contribution in [2.75, 3.05) is 13.2 Å². The number of amides is 2. The number of fused-ring (bicyclic) bond motifs is 1. The molecular weight excluding hydrogens is 406 g/mol. The number of hydrogen-bond acceptors (Lipinski definition) is 5. The molecule has 7 nitrogen and oxygen atoms in total. The monoisotopic (exact) mass is 434 g/mol. The van der Waals surface area contributed by atoms with E-state index in [1.54, 1.807) is 6.07 Å². The van der Waals surface area contributed by atoms with Crippen LogP contribution in [0.4, 0.5) is 8.78 Å². The van der Waals surface area contributed by atoms with Gasteiger partial charge < -0.3 is 15.8 Å². The molecular formula is C22H28F2N4O3. The Balaban J connectivity index is 1.45. The Kier molecular flexibility index (Phi) is 5.39. The summed E-state index contributed by atoms with van der Waals surface area (Å²) in [6, 6.07) is 6.87. The third-order valence-corrected chi connectivity index (χ3v) is 6.86. The Morgan fingerprint density at radius 3 is 2.71 bits per heavy atom. The molecule has 3 atom stereocenters. The maximum Gasteiger partial charge on any atom is 0.265 e. The lowest BCUT2D eigenvalue weighted by Gasteiger charge is -2.36. The predicted molar refractivity (Wildman–Crippen MR) is 111 cm³/mol. The first-order valence-electron chi connectivity index (χ1n) is 10.8. The first-order valence-corrected chi connectivity index (χ1v) is 10.8. The van der Waals surface area contributed by atoms with Crippen LogP contribution in [0, 0.1) is 11.8 Å². The van der Waals surface area contributed by atoms with Crippen molar-refractivity contribution in [2.24, 2.45) is 22.6 Å². The van der Waals surface area contributed by atoms with E-state index < -0.39 is 29.2 Å². The molecule has 1 fully saturated rings. The molecule has 1 aliphatic carbocycles. The Labute approximate surface area is 180 Å². The van der Waals surface area contributed by atoms with Gasteiger partial charge in [-0.1, -0.05) is 32.0 Å². The fraction of sp³-hybridized carbons (Fsp3) is 0.591. The van der Waals surface area contributed by atoms with Crippen molar-refractivity contribution in [1.82, 2.24) is 10.2 Å². The molecule has 31 heavy (non-hydrogen) atoms. The van der Waals surface area contributed by atoms with Crippen LogP contribution in [0.15, 0.2) is 29.3 Å². The van der Waals surface area contributed by atoms with Crippen LogP contribution in [-0.2, 0) is 9.59 Å². The third-order valence-electron chi connectivity index (χ3n) is 6.86. The normalized spacial score (nSPS) is 28.3. The molecule has 2 aliphatic heterocycles. The molecule has 2 heterocycles. The van der Waals surface area contributed by atoms with Crippen LogP contribution in [0.2, 0.25) is 0 Å². The maximum atomic E-state index is 14.6. The highest BCUT2D eigenvalue weighted by Gasteiger charge is 2.72. The largest absolute Gasteiger partial charge is 0.493 e. The summed E-state index contributed by atoms with van der Waals surface area (Å²) in [6.07, 6.45) is 1.92. The van der Waals surface area contributed by atoms with Crippen molar-refractivity contribution < 1.29 is 23.1 Å². The molecule has 2 amide bonds. The second-order valence-electron chi connectivity index (χ2n) is 8.58. The Morgan fingerprint density at radius 2 is 2.03 bits per heavy atom. The molecule has 168 valence electrons. The minimum Gasteiger partial charge on any atom is -0.493 e. The number of halogens is 2. The number of aliphatic imine (C=N–C) groups is 1. The van der Waals surface area contributed by atoms with Crippen molar-refractivity contribution in [1.29, 1.82) is 0 Å². The molecule has 0 saturated heterocycles. The lowest BCUT2D eigenvalue weighted by atomic mass is 9.88. The van der Waals surface area contributed by atoms with Gasteiger partial charge in [-0.25, -0.2) is 13.8 Å². The molecule has 0 aromatic heterocycles. The first kappa shape index (κ1) is 21.5. The quantitative estimate of drug-likeness (QED) is 0.719. The number of hydrogen-bond donors (Lipinski definition) is 2. The van der Waals surface area contributed by atoms with Crippen LogP contribution in [0.1, 0.15) is 51.1 Å². The van der Waals surface area contributed by atoms with Crippen molar-refractivity contribution in [2.45, 2.75) is 57.0 Å². The van der Waals surface area contributed by atoms with E-state index in [0.29, 0.717) is 31.6 Å². The topological polar surface area (TPSA) is 97.0 Å². The average molecular weight is 434 g/mol. The Bertz CT molecular complexity index is 916. The smallest absolute Gasteiger partial charge is 0.265 e. The van der Waals surface area contributed by atoms with Crippen LogP contribution in [0.5, 0.6) is 5.75 Å². The number of carbonyl (C=O) groups is 2. The zero-order chi connectivity index (χ0) is 22.4. The van der Waals surface area contributed by atoms with Gasteiger partial charge in [-0.15, -0.1) is 0 Å². The van der Waals surface area contributed by atoms with E-state index >= 15 is 0 Å². The molecule has 3 N–H and O–H groups in total. The number of nitrogens with zero attached hydrogens (tertiary/aromatic N) is 2. The number of ether oxygens (including phenoxy) is 1.